The molecule has 108 valence electrons. The Morgan fingerprint density at radius 2 is 1.89 bits per heavy atom. The van der Waals surface area contributed by atoms with Gasteiger partial charge in [-0.25, -0.2) is 9.97 Å². The van der Waals surface area contributed by atoms with E-state index in [2.05, 4.69) is 54.6 Å². The second-order valence-corrected chi connectivity index (χ2v) is 5.82. The summed E-state index contributed by atoms with van der Waals surface area (Å²) in [7, 11) is 4.17. The highest BCUT2D eigenvalue weighted by atomic mass is 35.5. The molecule has 1 aromatic heterocycles. The van der Waals surface area contributed by atoms with Crippen molar-refractivity contribution >= 4 is 17.4 Å². The lowest BCUT2D eigenvalue weighted by molar-refractivity contribution is 0.408. The molecule has 4 nitrogen and oxygen atoms in total. The van der Waals surface area contributed by atoms with Gasteiger partial charge >= 0.3 is 0 Å². The largest absolute Gasteiger partial charge is 0.355 e. The van der Waals surface area contributed by atoms with Gasteiger partial charge in [0.1, 0.15) is 17.3 Å². The third kappa shape index (κ3) is 4.96. The van der Waals surface area contributed by atoms with Gasteiger partial charge in [0.05, 0.1) is 0 Å². The van der Waals surface area contributed by atoms with Crippen LogP contribution < -0.4 is 4.90 Å². The van der Waals surface area contributed by atoms with Crippen LogP contribution in [0.5, 0.6) is 0 Å². The number of likely N-dealkylation sites (N-methyl/N-ethyl adjacent to an activating group) is 1. The van der Waals surface area contributed by atoms with Crippen LogP contribution in [0, 0.1) is 5.92 Å². The van der Waals surface area contributed by atoms with E-state index in [9.17, 15) is 0 Å². The van der Waals surface area contributed by atoms with Crippen LogP contribution in [0.4, 0.5) is 5.82 Å². The van der Waals surface area contributed by atoms with E-state index in [4.69, 9.17) is 11.6 Å². The number of halogens is 1. The molecular formula is C14H25ClN4. The fourth-order valence-electron chi connectivity index (χ4n) is 2.00. The maximum Gasteiger partial charge on any atom is 0.137 e. The molecule has 0 unspecified atom stereocenters. The van der Waals surface area contributed by atoms with E-state index in [1.807, 2.05) is 0 Å². The molecule has 0 aliphatic carbocycles. The summed E-state index contributed by atoms with van der Waals surface area (Å²) in [5.41, 5.74) is 1.04. The first-order valence-electron chi connectivity index (χ1n) is 6.84. The first kappa shape index (κ1) is 16.2. The second kappa shape index (κ2) is 7.65. The summed E-state index contributed by atoms with van der Waals surface area (Å²) in [4.78, 5) is 13.0. The summed E-state index contributed by atoms with van der Waals surface area (Å²) < 4.78 is 0. The second-order valence-electron chi connectivity index (χ2n) is 5.46. The van der Waals surface area contributed by atoms with Crippen molar-refractivity contribution < 1.29 is 0 Å². The molecule has 0 amide bonds. The molecule has 5 heteroatoms. The summed E-state index contributed by atoms with van der Waals surface area (Å²) in [6.07, 6.45) is 2.41. The van der Waals surface area contributed by atoms with Gasteiger partial charge in [-0.1, -0.05) is 32.4 Å². The fourth-order valence-corrected chi connectivity index (χ4v) is 2.27. The summed E-state index contributed by atoms with van der Waals surface area (Å²) >= 11 is 6.18. The van der Waals surface area contributed by atoms with Crippen molar-refractivity contribution in [2.45, 2.75) is 27.2 Å². The molecule has 1 rings (SSSR count). The van der Waals surface area contributed by atoms with Gasteiger partial charge in [0, 0.05) is 25.2 Å². The Balaban J connectivity index is 2.98. The average Bonchev–Trinajstić information content (AvgIpc) is 2.33. The van der Waals surface area contributed by atoms with Crippen molar-refractivity contribution in [2.75, 3.05) is 38.6 Å². The van der Waals surface area contributed by atoms with Crippen LogP contribution in [-0.2, 0) is 6.42 Å². The minimum absolute atomic E-state index is 0.575. The van der Waals surface area contributed by atoms with Gasteiger partial charge in [0.15, 0.2) is 0 Å². The molecule has 0 spiro atoms. The van der Waals surface area contributed by atoms with Gasteiger partial charge in [0.2, 0.25) is 0 Å². The minimum Gasteiger partial charge on any atom is -0.355 e. The zero-order valence-corrected chi connectivity index (χ0v) is 13.4. The van der Waals surface area contributed by atoms with E-state index in [-0.39, 0.29) is 0 Å². The minimum atomic E-state index is 0.575. The summed E-state index contributed by atoms with van der Waals surface area (Å²) in [5, 5.41) is 0.575. The SMILES string of the molecule is CCc1c(Cl)ncnc1N(CCN(C)C)CC(C)C. The standard InChI is InChI=1S/C14H25ClN4/c1-6-12-13(15)16-10-17-14(12)19(9-11(2)3)8-7-18(4)5/h10-11H,6-9H2,1-5H3. The van der Waals surface area contributed by atoms with Gasteiger partial charge in [-0.2, -0.15) is 0 Å². The Kier molecular flexibility index (Phi) is 6.52. The van der Waals surface area contributed by atoms with Crippen LogP contribution in [0.15, 0.2) is 6.33 Å². The molecule has 0 atom stereocenters. The van der Waals surface area contributed by atoms with Gasteiger partial charge in [-0.05, 0) is 26.4 Å². The third-order valence-corrected chi connectivity index (χ3v) is 3.25. The maximum atomic E-state index is 6.18. The van der Waals surface area contributed by atoms with Crippen molar-refractivity contribution in [3.63, 3.8) is 0 Å². The smallest absolute Gasteiger partial charge is 0.137 e. The van der Waals surface area contributed by atoms with Crippen LogP contribution in [-0.4, -0.2) is 48.6 Å². The molecule has 0 aliphatic rings. The van der Waals surface area contributed by atoms with Crippen molar-refractivity contribution in [1.29, 1.82) is 0 Å². The monoisotopic (exact) mass is 284 g/mol. The number of anilines is 1. The van der Waals surface area contributed by atoms with E-state index in [1.54, 1.807) is 6.33 Å². The average molecular weight is 285 g/mol. The van der Waals surface area contributed by atoms with E-state index >= 15 is 0 Å². The Hall–Kier alpha value is -0.870. The molecule has 1 aromatic rings. The zero-order chi connectivity index (χ0) is 14.4. The normalized spacial score (nSPS) is 11.4. The molecule has 1 heterocycles. The van der Waals surface area contributed by atoms with E-state index < -0.39 is 0 Å². The number of hydrogen-bond acceptors (Lipinski definition) is 4. The van der Waals surface area contributed by atoms with Crippen molar-refractivity contribution in [2.24, 2.45) is 5.92 Å². The summed E-state index contributed by atoms with van der Waals surface area (Å²) in [6, 6.07) is 0. The van der Waals surface area contributed by atoms with Crippen molar-refractivity contribution in [1.82, 2.24) is 14.9 Å². The highest BCUT2D eigenvalue weighted by Gasteiger charge is 2.16. The highest BCUT2D eigenvalue weighted by molar-refractivity contribution is 6.30. The molecule has 0 N–H and O–H groups in total. The van der Waals surface area contributed by atoms with Crippen LogP contribution in [0.25, 0.3) is 0 Å². The quantitative estimate of drug-likeness (QED) is 0.721. The fraction of sp³-hybridized carbons (Fsp3) is 0.714. The Labute approximate surface area is 121 Å². The van der Waals surface area contributed by atoms with E-state index in [0.717, 1.165) is 37.4 Å². The topological polar surface area (TPSA) is 32.3 Å². The predicted molar refractivity (Wildman–Crippen MR) is 82.0 cm³/mol. The number of aromatic nitrogens is 2. The highest BCUT2D eigenvalue weighted by Crippen LogP contribution is 2.24. The van der Waals surface area contributed by atoms with Gasteiger partial charge in [0.25, 0.3) is 0 Å². The van der Waals surface area contributed by atoms with Crippen LogP contribution in [0.3, 0.4) is 0 Å². The van der Waals surface area contributed by atoms with Crippen molar-refractivity contribution in [3.8, 4) is 0 Å². The summed E-state index contributed by atoms with van der Waals surface area (Å²) in [6.45, 7) is 9.46. The van der Waals surface area contributed by atoms with Crippen LogP contribution in [0.1, 0.15) is 26.3 Å². The summed E-state index contributed by atoms with van der Waals surface area (Å²) in [5.74, 6) is 1.57. The number of hydrogen-bond donors (Lipinski definition) is 0. The molecule has 0 fully saturated rings. The van der Waals surface area contributed by atoms with E-state index in [0.29, 0.717) is 11.1 Å². The van der Waals surface area contributed by atoms with E-state index in [1.165, 1.54) is 0 Å². The maximum absolute atomic E-state index is 6.18. The molecule has 0 aliphatic heterocycles. The lowest BCUT2D eigenvalue weighted by Crippen LogP contribution is -2.35. The molecule has 0 radical (unpaired) electrons. The molecule has 0 bridgehead atoms. The van der Waals surface area contributed by atoms with Gasteiger partial charge < -0.3 is 9.80 Å². The van der Waals surface area contributed by atoms with Crippen LogP contribution in [0.2, 0.25) is 5.15 Å². The number of nitrogens with zero attached hydrogens (tertiary/aromatic N) is 4. The van der Waals surface area contributed by atoms with Gasteiger partial charge in [-0.3, -0.25) is 0 Å². The lowest BCUT2D eigenvalue weighted by Gasteiger charge is -2.28. The Morgan fingerprint density at radius 3 is 2.42 bits per heavy atom. The first-order chi connectivity index (χ1) is 8.95. The molecule has 0 saturated carbocycles. The Bertz CT molecular complexity index is 393. The molecule has 0 aromatic carbocycles. The first-order valence-corrected chi connectivity index (χ1v) is 7.22. The lowest BCUT2D eigenvalue weighted by atomic mass is 10.1. The predicted octanol–water partition coefficient (Wildman–Crippen LogP) is 2.72. The molecule has 0 saturated heterocycles. The Morgan fingerprint density at radius 1 is 1.21 bits per heavy atom. The molecule has 19 heavy (non-hydrogen) atoms. The van der Waals surface area contributed by atoms with Crippen molar-refractivity contribution in [3.05, 3.63) is 17.0 Å². The zero-order valence-electron chi connectivity index (χ0n) is 12.6. The van der Waals surface area contributed by atoms with Gasteiger partial charge in [-0.15, -0.1) is 0 Å². The third-order valence-electron chi connectivity index (χ3n) is 2.93. The molecular weight excluding hydrogens is 260 g/mol. The van der Waals surface area contributed by atoms with Crippen LogP contribution >= 0.6 is 11.6 Å². The number of rotatable bonds is 7.